The van der Waals surface area contributed by atoms with Gasteiger partial charge in [0.15, 0.2) is 0 Å². The van der Waals surface area contributed by atoms with E-state index in [9.17, 15) is 58.2 Å². The zero-order valence-corrected chi connectivity index (χ0v) is 64.8. The fourth-order valence-corrected chi connectivity index (χ4v) is 13.7. The number of hydrogen-bond acceptors (Lipinski definition) is 19. The Morgan fingerprint density at radius 3 is 1.54 bits per heavy atom. The molecule has 0 bridgehead atoms. The molecule has 2 aromatic heterocycles. The third kappa shape index (κ3) is 26.8. The van der Waals surface area contributed by atoms with Gasteiger partial charge < -0.3 is 101 Å². The van der Waals surface area contributed by atoms with Crippen LogP contribution in [0.4, 0.5) is 9.59 Å². The van der Waals surface area contributed by atoms with E-state index in [4.69, 9.17) is 17.2 Å². The van der Waals surface area contributed by atoms with E-state index in [-0.39, 0.29) is 76.7 Å². The molecule has 23 N–H and O–H groups in total. The van der Waals surface area contributed by atoms with E-state index in [1.165, 1.54) is 0 Å². The molecule has 1 fully saturated rings. The van der Waals surface area contributed by atoms with Crippen molar-refractivity contribution in [1.82, 2.24) is 79.1 Å². The molecule has 12 atom stereocenters. The van der Waals surface area contributed by atoms with Gasteiger partial charge in [0.2, 0.25) is 59.1 Å². The van der Waals surface area contributed by atoms with Crippen molar-refractivity contribution in [1.29, 1.82) is 0 Å². The van der Waals surface area contributed by atoms with Gasteiger partial charge >= 0.3 is 12.0 Å². The molecule has 113 heavy (non-hydrogen) atoms. The van der Waals surface area contributed by atoms with Crippen molar-refractivity contribution in [3.8, 4) is 0 Å². The Kier molecular flexibility index (Phi) is 34.4. The summed E-state index contributed by atoms with van der Waals surface area (Å²) in [7, 11) is 0. The molecule has 0 aliphatic carbocycles. The summed E-state index contributed by atoms with van der Waals surface area (Å²) in [6.45, 7) is 11.1. The van der Waals surface area contributed by atoms with Crippen LogP contribution in [-0.2, 0) is 76.8 Å². The summed E-state index contributed by atoms with van der Waals surface area (Å²) in [6.07, 6.45) is 3.52. The minimum atomic E-state index is -2.01. The molecule has 14 amide bonds. The van der Waals surface area contributed by atoms with Crippen molar-refractivity contribution in [2.24, 2.45) is 29.0 Å². The highest BCUT2D eigenvalue weighted by Gasteiger charge is 2.39. The van der Waals surface area contributed by atoms with Crippen molar-refractivity contribution in [2.45, 2.75) is 191 Å². The number of nitrogens with two attached hydrogens (primary N) is 3. The number of fused-ring (bicyclic) bond motifs is 3. The minimum absolute atomic E-state index is 0.0249. The first-order valence-corrected chi connectivity index (χ1v) is 38.9. The number of hydrogen-bond donors (Lipinski definition) is 20. The number of urea groups is 1. The van der Waals surface area contributed by atoms with E-state index in [0.717, 1.165) is 10.8 Å². The van der Waals surface area contributed by atoms with Gasteiger partial charge in [-0.3, -0.25) is 67.6 Å². The van der Waals surface area contributed by atoms with Crippen LogP contribution in [0.3, 0.4) is 0 Å². The lowest BCUT2D eigenvalue weighted by Crippen LogP contribution is -2.61. The number of thioether (sulfide) groups is 1. The van der Waals surface area contributed by atoms with E-state index in [1.807, 2.05) is 30.4 Å². The second-order valence-electron chi connectivity index (χ2n) is 28.4. The molecule has 3 heterocycles. The van der Waals surface area contributed by atoms with Crippen molar-refractivity contribution in [2.75, 3.05) is 25.4 Å². The molecule has 0 saturated carbocycles. The van der Waals surface area contributed by atoms with Crippen molar-refractivity contribution >= 4 is 127 Å². The first-order valence-electron chi connectivity index (χ1n) is 37.9. The molecule has 6 aromatic rings. The van der Waals surface area contributed by atoms with E-state index in [0.29, 0.717) is 75.9 Å². The molecule has 7 rings (SSSR count). The Hall–Kier alpha value is -11.6. The number of aromatic amines is 2. The number of H-pyrrole nitrogens is 2. The number of carboxylic acids is 1. The summed E-state index contributed by atoms with van der Waals surface area (Å²) in [4.78, 5) is 208. The number of nitrogens with one attached hydrogen (secondary N) is 15. The SMILES string of the molecule is C=C(N)NCCC[C@@H]1NC(=O)NC(=O)[C@H](CO)NC(=O)[C@H]([C@@H](C)CC)NC(=O)[C@H](Cc2ccc3ccccc3c2)NC(=O)SC[C@@H](C(N)=O)NC(=O)[C@H](C(C)C)NC(=O)[C@H](Cc2c[nH]c3ccccc23)NC(=O)[C@H](CCCCN)NC(=O)[C@H](CCCCC)NC(=O)[C@H](Cc2c[nH]c3ccccc23)NC(=O)[C@H](CC(=O)O)NC1=O. The standard InChI is InChI=1S/C78H106N18O16S/c1-7-9-10-26-54-67(101)85-55(27-17-18-31-79)68(102)87-59(36-49-39-84-53-25-16-14-23-51(49)53)73(107)94-64(42(3)4)75(109)91-62(66(81)100)41-113-78(112)93-57(34-45-29-30-46-20-11-12-21-47(46)33-45)72(106)95-65(43(5)8-2)76(110)90-61(40-97)74(108)96-77(111)92-56(28-19-32-82-44(6)80)69(103)89-60(37-63(98)99)71(105)88-58(70(104)86-54)35-48-38-83-52-24-15-13-22-50(48)52/h11-16,20-25,29-30,33,38-39,42-43,54-62,64-65,82-84,97H,6-10,17-19,26-28,31-32,34-37,40-41,79-80H2,1-5H3,(H2,81,100)(H,85,101)(H,86,104)(H,87,102)(H,88,105)(H,89,103)(H,90,110)(H,91,109)(H,93,112)(H,94,107)(H,95,106)(H,98,99)(H2,92,96,108,111)/t43-,54-,55-,56-,57-,58-,59-,60-,61-,62-,64-,65-/m0/s1. The number of carbonyl (C=O) groups is 14. The summed E-state index contributed by atoms with van der Waals surface area (Å²) in [6, 6.07) is 7.71. The summed E-state index contributed by atoms with van der Waals surface area (Å²) >= 11 is 0.464. The third-order valence-electron chi connectivity index (χ3n) is 19.4. The number of amides is 14. The summed E-state index contributed by atoms with van der Waals surface area (Å²) < 4.78 is 0. The minimum Gasteiger partial charge on any atom is -0.481 e. The Bertz CT molecular complexity index is 4380. The normalized spacial score (nSPS) is 22.8. The Labute approximate surface area is 657 Å². The number of benzene rings is 4. The highest BCUT2D eigenvalue weighted by atomic mass is 32.2. The lowest BCUT2D eigenvalue weighted by atomic mass is 9.96. The summed E-state index contributed by atoms with van der Waals surface area (Å²) in [5, 5.41) is 56.3. The molecule has 610 valence electrons. The number of carbonyl (C=O) groups excluding carboxylic acids is 13. The van der Waals surface area contributed by atoms with Crippen LogP contribution in [0.5, 0.6) is 0 Å². The molecule has 34 nitrogen and oxygen atoms in total. The summed E-state index contributed by atoms with van der Waals surface area (Å²) in [5.41, 5.74) is 20.5. The largest absolute Gasteiger partial charge is 0.481 e. The number of aliphatic hydroxyl groups excluding tert-OH is 1. The van der Waals surface area contributed by atoms with Crippen LogP contribution in [0.1, 0.15) is 122 Å². The number of primary amides is 1. The summed E-state index contributed by atoms with van der Waals surface area (Å²) in [5.74, 6) is -14.8. The lowest BCUT2D eigenvalue weighted by Gasteiger charge is -2.29. The first-order chi connectivity index (χ1) is 54.0. The highest BCUT2D eigenvalue weighted by molar-refractivity contribution is 8.13. The maximum absolute atomic E-state index is 15.2. The topological polar surface area (TPSA) is 545 Å². The second-order valence-corrected chi connectivity index (χ2v) is 29.4. The molecule has 1 saturated heterocycles. The van der Waals surface area contributed by atoms with Gasteiger partial charge in [-0.2, -0.15) is 0 Å². The molecule has 4 aromatic carbocycles. The average molecular weight is 1580 g/mol. The Morgan fingerprint density at radius 1 is 0.522 bits per heavy atom. The van der Waals surface area contributed by atoms with Crippen LogP contribution >= 0.6 is 11.8 Å². The molecular weight excluding hydrogens is 1480 g/mol. The molecule has 0 unspecified atom stereocenters. The van der Waals surface area contributed by atoms with Gasteiger partial charge in [0.05, 0.1) is 18.8 Å². The quantitative estimate of drug-likeness (QED) is 0.0341. The van der Waals surface area contributed by atoms with Crippen LogP contribution in [0.25, 0.3) is 32.6 Å². The van der Waals surface area contributed by atoms with Gasteiger partial charge in [-0.05, 0) is 96.5 Å². The number of imide groups is 1. The zero-order chi connectivity index (χ0) is 82.4. The van der Waals surface area contributed by atoms with Crippen LogP contribution in [-0.4, -0.2) is 194 Å². The van der Waals surface area contributed by atoms with Crippen molar-refractivity contribution in [3.05, 3.63) is 132 Å². The molecule has 35 heteroatoms. The number of aliphatic hydroxyl groups is 1. The third-order valence-corrected chi connectivity index (χ3v) is 20.3. The van der Waals surface area contributed by atoms with Crippen LogP contribution < -0.4 is 86.3 Å². The van der Waals surface area contributed by atoms with Gasteiger partial charge in [0.1, 0.15) is 66.5 Å². The second kappa shape index (κ2) is 43.9. The predicted molar refractivity (Wildman–Crippen MR) is 425 cm³/mol. The monoisotopic (exact) mass is 1580 g/mol. The maximum Gasteiger partial charge on any atom is 0.322 e. The predicted octanol–water partition coefficient (Wildman–Crippen LogP) is 1.38. The number of aliphatic carboxylic acids is 1. The van der Waals surface area contributed by atoms with Gasteiger partial charge in [-0.1, -0.05) is 158 Å². The van der Waals surface area contributed by atoms with E-state index in [2.05, 4.69) is 80.3 Å². The fourth-order valence-electron chi connectivity index (χ4n) is 12.9. The van der Waals surface area contributed by atoms with Gasteiger partial charge in [-0.15, -0.1) is 0 Å². The van der Waals surface area contributed by atoms with E-state index in [1.54, 1.807) is 113 Å². The average Bonchev–Trinajstić information content (AvgIpc) is 1.67. The number of para-hydroxylation sites is 2. The van der Waals surface area contributed by atoms with Gasteiger partial charge in [-0.25, -0.2) is 4.79 Å². The molecule has 0 radical (unpaired) electrons. The molecule has 1 aliphatic rings. The van der Waals surface area contributed by atoms with Crippen LogP contribution in [0.15, 0.2) is 116 Å². The number of aromatic nitrogens is 2. The Morgan fingerprint density at radius 2 is 1.00 bits per heavy atom. The first kappa shape index (κ1) is 88.6. The van der Waals surface area contributed by atoms with Gasteiger partial charge in [0, 0.05) is 65.8 Å². The maximum atomic E-state index is 15.2. The van der Waals surface area contributed by atoms with E-state index < -0.39 is 179 Å². The van der Waals surface area contributed by atoms with Crippen molar-refractivity contribution < 1.29 is 77.3 Å². The Balaban J connectivity index is 1.30. The van der Waals surface area contributed by atoms with Crippen LogP contribution in [0, 0.1) is 11.8 Å². The van der Waals surface area contributed by atoms with E-state index >= 15 is 19.2 Å². The lowest BCUT2D eigenvalue weighted by molar-refractivity contribution is -0.141. The number of unbranched alkanes of at least 4 members (excludes halogenated alkanes) is 3. The highest BCUT2D eigenvalue weighted by Crippen LogP contribution is 2.24. The number of carboxylic acid groups (broad SMARTS) is 1. The smallest absolute Gasteiger partial charge is 0.322 e. The number of rotatable bonds is 26. The van der Waals surface area contributed by atoms with Gasteiger partial charge in [0.25, 0.3) is 11.1 Å². The van der Waals surface area contributed by atoms with Crippen LogP contribution in [0.2, 0.25) is 0 Å². The zero-order valence-electron chi connectivity index (χ0n) is 64.0. The molecular formula is C78H106N18O16S. The molecule has 1 aliphatic heterocycles. The fraction of sp³-hybridized carbons (Fsp3) is 0.462. The molecule has 0 spiro atoms. The van der Waals surface area contributed by atoms with Crippen molar-refractivity contribution in [3.63, 3.8) is 0 Å².